The molecular weight excluding hydrogens is 420 g/mol. The Balaban J connectivity index is 1.56. The number of carbonyl (C=O) groups is 2. The van der Waals surface area contributed by atoms with Gasteiger partial charge in [-0.15, -0.1) is 11.3 Å². The second kappa shape index (κ2) is 8.77. The number of likely N-dealkylation sites (N-methyl/N-ethyl adjacent to an activating group) is 1. The van der Waals surface area contributed by atoms with Gasteiger partial charge in [-0.05, 0) is 47.3 Å². The van der Waals surface area contributed by atoms with Gasteiger partial charge in [0.1, 0.15) is 18.2 Å². The van der Waals surface area contributed by atoms with Crippen molar-refractivity contribution in [3.63, 3.8) is 0 Å². The molecule has 2 heterocycles. The summed E-state index contributed by atoms with van der Waals surface area (Å²) >= 11 is 1.52. The summed E-state index contributed by atoms with van der Waals surface area (Å²) in [5.41, 5.74) is 1.68. The largest absolute Gasteiger partial charge is 0.332 e. The van der Waals surface area contributed by atoms with E-state index in [0.29, 0.717) is 6.42 Å². The molecule has 3 aromatic rings. The summed E-state index contributed by atoms with van der Waals surface area (Å²) in [6.07, 6.45) is 0.486. The van der Waals surface area contributed by atoms with Crippen molar-refractivity contribution in [1.82, 2.24) is 9.91 Å². The molecular formula is C23H19F2N3O2S. The van der Waals surface area contributed by atoms with E-state index in [1.165, 1.54) is 58.6 Å². The fourth-order valence-electron chi connectivity index (χ4n) is 3.47. The van der Waals surface area contributed by atoms with Gasteiger partial charge in [-0.1, -0.05) is 24.3 Å². The number of hydrazone groups is 1. The Morgan fingerprint density at radius 2 is 1.87 bits per heavy atom. The maximum absolute atomic E-state index is 13.5. The van der Waals surface area contributed by atoms with Crippen LogP contribution in [0.15, 0.2) is 71.1 Å². The monoisotopic (exact) mass is 439 g/mol. The van der Waals surface area contributed by atoms with E-state index in [2.05, 4.69) is 5.10 Å². The van der Waals surface area contributed by atoms with Gasteiger partial charge in [0, 0.05) is 19.0 Å². The number of rotatable bonds is 5. The molecule has 158 valence electrons. The molecule has 8 heteroatoms. The lowest BCUT2D eigenvalue weighted by atomic mass is 10.0. The van der Waals surface area contributed by atoms with Gasteiger partial charge < -0.3 is 4.90 Å². The first kappa shape index (κ1) is 20.9. The molecule has 0 bridgehead atoms. The zero-order chi connectivity index (χ0) is 22.0. The van der Waals surface area contributed by atoms with Gasteiger partial charge in [0.25, 0.3) is 11.8 Å². The SMILES string of the molecule is CN(CC(=O)N1N=C(c2cccs2)C[C@@H]1c1ccc(F)cc1)C(=O)c1cccc(F)c1. The van der Waals surface area contributed by atoms with Crippen molar-refractivity contribution in [2.45, 2.75) is 12.5 Å². The lowest BCUT2D eigenvalue weighted by Crippen LogP contribution is -2.39. The van der Waals surface area contributed by atoms with Crippen molar-refractivity contribution in [1.29, 1.82) is 0 Å². The van der Waals surface area contributed by atoms with Crippen molar-refractivity contribution in [2.24, 2.45) is 5.10 Å². The minimum absolute atomic E-state index is 0.162. The minimum Gasteiger partial charge on any atom is -0.332 e. The van der Waals surface area contributed by atoms with Crippen molar-refractivity contribution in [2.75, 3.05) is 13.6 Å². The summed E-state index contributed by atoms with van der Waals surface area (Å²) in [5, 5.41) is 7.82. The molecule has 2 aromatic carbocycles. The Kier molecular flexibility index (Phi) is 5.90. The summed E-state index contributed by atoms with van der Waals surface area (Å²) in [4.78, 5) is 27.9. The molecule has 1 aromatic heterocycles. The highest BCUT2D eigenvalue weighted by Gasteiger charge is 2.34. The molecule has 0 radical (unpaired) electrons. The normalized spacial score (nSPS) is 15.6. The lowest BCUT2D eigenvalue weighted by molar-refractivity contribution is -0.133. The number of hydrogen-bond acceptors (Lipinski definition) is 4. The number of carbonyl (C=O) groups excluding carboxylic acids is 2. The van der Waals surface area contributed by atoms with E-state index < -0.39 is 17.8 Å². The van der Waals surface area contributed by atoms with Gasteiger partial charge in [-0.2, -0.15) is 5.10 Å². The quantitative estimate of drug-likeness (QED) is 0.589. The van der Waals surface area contributed by atoms with E-state index in [1.54, 1.807) is 12.1 Å². The number of benzene rings is 2. The second-order valence-electron chi connectivity index (χ2n) is 7.21. The van der Waals surface area contributed by atoms with E-state index in [9.17, 15) is 18.4 Å². The minimum atomic E-state index is -0.522. The standard InChI is InChI=1S/C23H19F2N3O2S/c1-27(23(30)16-4-2-5-18(25)12-16)14-22(29)28-20(15-7-9-17(24)10-8-15)13-19(26-28)21-6-3-11-31-21/h2-12,20H,13-14H2,1H3/t20-/m1/s1. The Hall–Kier alpha value is -3.39. The van der Waals surface area contributed by atoms with Crippen molar-refractivity contribution < 1.29 is 18.4 Å². The molecule has 31 heavy (non-hydrogen) atoms. The molecule has 0 unspecified atom stereocenters. The summed E-state index contributed by atoms with van der Waals surface area (Å²) in [6, 6.07) is 14.7. The Bertz CT molecular complexity index is 1130. The molecule has 0 aliphatic carbocycles. The number of halogens is 2. The predicted molar refractivity (Wildman–Crippen MR) is 115 cm³/mol. The Morgan fingerprint density at radius 3 is 2.55 bits per heavy atom. The molecule has 0 saturated heterocycles. The highest BCUT2D eigenvalue weighted by molar-refractivity contribution is 7.12. The van der Waals surface area contributed by atoms with E-state index >= 15 is 0 Å². The number of nitrogens with zero attached hydrogens (tertiary/aromatic N) is 3. The zero-order valence-corrected chi connectivity index (χ0v) is 17.5. The molecule has 0 fully saturated rings. The van der Waals surface area contributed by atoms with Crippen LogP contribution in [-0.2, 0) is 4.79 Å². The average Bonchev–Trinajstić information content (AvgIpc) is 3.43. The molecule has 0 spiro atoms. The smallest absolute Gasteiger partial charge is 0.262 e. The maximum atomic E-state index is 13.5. The Labute approximate surface area is 182 Å². The third-order valence-corrected chi connectivity index (χ3v) is 5.94. The van der Waals surface area contributed by atoms with Crippen LogP contribution in [0.4, 0.5) is 8.78 Å². The van der Waals surface area contributed by atoms with Crippen LogP contribution in [0.1, 0.15) is 33.3 Å². The van der Waals surface area contributed by atoms with Gasteiger partial charge >= 0.3 is 0 Å². The second-order valence-corrected chi connectivity index (χ2v) is 8.15. The van der Waals surface area contributed by atoms with Crippen LogP contribution < -0.4 is 0 Å². The molecule has 0 saturated carbocycles. The van der Waals surface area contributed by atoms with Gasteiger partial charge in [0.15, 0.2) is 0 Å². The van der Waals surface area contributed by atoms with Crippen molar-refractivity contribution in [3.05, 3.63) is 93.7 Å². The summed E-state index contributed by atoms with van der Waals surface area (Å²) < 4.78 is 26.9. The van der Waals surface area contributed by atoms with Gasteiger partial charge in [-0.25, -0.2) is 13.8 Å². The van der Waals surface area contributed by atoms with E-state index in [1.807, 2.05) is 17.5 Å². The Morgan fingerprint density at radius 1 is 1.10 bits per heavy atom. The number of amides is 2. The molecule has 1 atom stereocenters. The van der Waals surface area contributed by atoms with E-state index in [0.717, 1.165) is 22.2 Å². The zero-order valence-electron chi connectivity index (χ0n) is 16.7. The van der Waals surface area contributed by atoms with Crippen LogP contribution in [0.25, 0.3) is 0 Å². The molecule has 5 nitrogen and oxygen atoms in total. The van der Waals surface area contributed by atoms with Crippen LogP contribution in [0, 0.1) is 11.6 Å². The molecule has 2 amide bonds. The number of thiophene rings is 1. The first-order chi connectivity index (χ1) is 14.9. The fraction of sp³-hybridized carbons (Fsp3) is 0.174. The van der Waals surface area contributed by atoms with Crippen molar-refractivity contribution in [3.8, 4) is 0 Å². The molecule has 1 aliphatic rings. The highest BCUT2D eigenvalue weighted by Crippen LogP contribution is 2.34. The van der Waals surface area contributed by atoms with Crippen LogP contribution in [0.2, 0.25) is 0 Å². The summed E-state index contributed by atoms with van der Waals surface area (Å²) in [5.74, 6) is -1.73. The van der Waals surface area contributed by atoms with Crippen molar-refractivity contribution >= 4 is 28.9 Å². The topological polar surface area (TPSA) is 53.0 Å². The third-order valence-electron chi connectivity index (χ3n) is 5.02. The predicted octanol–water partition coefficient (Wildman–Crippen LogP) is 4.48. The van der Waals surface area contributed by atoms with Gasteiger partial charge in [0.2, 0.25) is 0 Å². The van der Waals surface area contributed by atoms with Crippen LogP contribution in [0.5, 0.6) is 0 Å². The first-order valence-electron chi connectivity index (χ1n) is 9.62. The first-order valence-corrected chi connectivity index (χ1v) is 10.5. The van der Waals surface area contributed by atoms with Gasteiger partial charge in [-0.3, -0.25) is 9.59 Å². The third kappa shape index (κ3) is 4.54. The average molecular weight is 439 g/mol. The fourth-order valence-corrected chi connectivity index (χ4v) is 4.19. The maximum Gasteiger partial charge on any atom is 0.262 e. The van der Waals surface area contributed by atoms with Crippen LogP contribution in [0.3, 0.4) is 0 Å². The lowest BCUT2D eigenvalue weighted by Gasteiger charge is -2.25. The molecule has 1 aliphatic heterocycles. The van der Waals surface area contributed by atoms with Gasteiger partial charge in [0.05, 0.1) is 16.6 Å². The van der Waals surface area contributed by atoms with E-state index in [-0.39, 0.29) is 23.8 Å². The molecule has 4 rings (SSSR count). The summed E-state index contributed by atoms with van der Waals surface area (Å²) in [7, 11) is 1.48. The summed E-state index contributed by atoms with van der Waals surface area (Å²) in [6.45, 7) is -0.228. The van der Waals surface area contributed by atoms with Crippen LogP contribution in [-0.4, -0.2) is 41.0 Å². The highest BCUT2D eigenvalue weighted by atomic mass is 32.1. The molecule has 0 N–H and O–H groups in total. The number of hydrogen-bond donors (Lipinski definition) is 0. The van der Waals surface area contributed by atoms with E-state index in [4.69, 9.17) is 0 Å². The van der Waals surface area contributed by atoms with Crippen LogP contribution >= 0.6 is 11.3 Å².